The Morgan fingerprint density at radius 2 is 1.79 bits per heavy atom. The fourth-order valence-electron chi connectivity index (χ4n) is 5.39. The van der Waals surface area contributed by atoms with Crippen molar-refractivity contribution in [3.05, 3.63) is 71.1 Å². The van der Waals surface area contributed by atoms with Crippen LogP contribution < -0.4 is 9.80 Å². The van der Waals surface area contributed by atoms with Crippen LogP contribution in [0.25, 0.3) is 0 Å². The smallest absolute Gasteiger partial charge is 0.307 e. The molecule has 1 saturated heterocycles. The number of carbonyl (C=O) groups is 2. The van der Waals surface area contributed by atoms with Crippen molar-refractivity contribution in [2.24, 2.45) is 0 Å². The highest BCUT2D eigenvalue weighted by molar-refractivity contribution is 5.93. The highest BCUT2D eigenvalue weighted by Crippen LogP contribution is 2.42. The van der Waals surface area contributed by atoms with E-state index in [2.05, 4.69) is 28.7 Å². The molecule has 9 nitrogen and oxygen atoms in total. The molecule has 2 aliphatic heterocycles. The number of piperazine rings is 1. The van der Waals surface area contributed by atoms with Gasteiger partial charge < -0.3 is 19.8 Å². The second-order valence-corrected chi connectivity index (χ2v) is 11.6. The van der Waals surface area contributed by atoms with Crippen LogP contribution in [0.15, 0.2) is 42.7 Å². The summed E-state index contributed by atoms with van der Waals surface area (Å²) in [6, 6.07) is 8.74. The largest absolute Gasteiger partial charge is 0.481 e. The lowest BCUT2D eigenvalue weighted by Gasteiger charge is -2.47. The Balaban J connectivity index is 1.36. The van der Waals surface area contributed by atoms with Crippen molar-refractivity contribution in [3.63, 3.8) is 0 Å². The Morgan fingerprint density at radius 1 is 1.03 bits per heavy atom. The van der Waals surface area contributed by atoms with Gasteiger partial charge in [0.05, 0.1) is 23.9 Å². The van der Waals surface area contributed by atoms with Crippen molar-refractivity contribution < 1.29 is 19.1 Å². The number of carboxylic acid groups (broad SMARTS) is 1. The zero-order chi connectivity index (χ0) is 28.1. The normalized spacial score (nSPS) is 17.7. The first kappa shape index (κ1) is 26.5. The molecule has 0 atom stereocenters. The predicted octanol–water partition coefficient (Wildman–Crippen LogP) is 4.12. The maximum Gasteiger partial charge on any atom is 0.307 e. The first-order valence-corrected chi connectivity index (χ1v) is 13.0. The molecule has 204 valence electrons. The molecular weight excluding hydrogens is 499 g/mol. The van der Waals surface area contributed by atoms with Crippen molar-refractivity contribution in [2.45, 2.75) is 52.0 Å². The zero-order valence-corrected chi connectivity index (χ0v) is 22.9. The fraction of sp³-hybridized carbons (Fsp3) is 0.414. The lowest BCUT2D eigenvalue weighted by molar-refractivity contribution is -0.136. The second-order valence-electron chi connectivity index (χ2n) is 11.6. The third kappa shape index (κ3) is 5.03. The van der Waals surface area contributed by atoms with Gasteiger partial charge in [-0.1, -0.05) is 26.0 Å². The number of hydrogen-bond donors (Lipinski definition) is 1. The summed E-state index contributed by atoms with van der Waals surface area (Å²) < 4.78 is 14.3. The fourth-order valence-corrected chi connectivity index (χ4v) is 5.39. The number of halogens is 1. The minimum absolute atomic E-state index is 0.0701. The summed E-state index contributed by atoms with van der Waals surface area (Å²) in [5.74, 6) is 0.0339. The van der Waals surface area contributed by atoms with E-state index in [9.17, 15) is 14.0 Å². The van der Waals surface area contributed by atoms with Gasteiger partial charge in [-0.25, -0.2) is 19.3 Å². The second kappa shape index (κ2) is 9.59. The Kier molecular flexibility index (Phi) is 6.52. The van der Waals surface area contributed by atoms with E-state index in [0.29, 0.717) is 48.8 Å². The van der Waals surface area contributed by atoms with E-state index in [1.807, 2.05) is 35.8 Å². The van der Waals surface area contributed by atoms with Crippen LogP contribution in [0, 0.1) is 12.7 Å². The topological polar surface area (TPSA) is 103 Å². The van der Waals surface area contributed by atoms with Gasteiger partial charge in [0.2, 0.25) is 0 Å². The van der Waals surface area contributed by atoms with E-state index in [1.54, 1.807) is 25.3 Å². The maximum absolute atomic E-state index is 14.3. The Hall–Kier alpha value is -4.08. The molecule has 3 aromatic rings. The lowest BCUT2D eigenvalue weighted by Crippen LogP contribution is -2.61. The van der Waals surface area contributed by atoms with Gasteiger partial charge in [0.25, 0.3) is 5.91 Å². The molecule has 2 aliphatic rings. The highest BCUT2D eigenvalue weighted by Gasteiger charge is 2.42. The number of carbonyl (C=O) groups excluding carboxylic acids is 1. The number of aliphatic carboxylic acids is 1. The van der Waals surface area contributed by atoms with E-state index >= 15 is 0 Å². The van der Waals surface area contributed by atoms with Gasteiger partial charge in [-0.3, -0.25) is 9.59 Å². The highest BCUT2D eigenvalue weighted by atomic mass is 19.1. The summed E-state index contributed by atoms with van der Waals surface area (Å²) in [7, 11) is 0. The van der Waals surface area contributed by atoms with Gasteiger partial charge in [-0.2, -0.15) is 0 Å². The third-order valence-electron chi connectivity index (χ3n) is 7.53. The van der Waals surface area contributed by atoms with Crippen LogP contribution in [-0.4, -0.2) is 68.6 Å². The van der Waals surface area contributed by atoms with Gasteiger partial charge in [0.1, 0.15) is 17.3 Å². The number of hydrogen-bond acceptors (Lipinski definition) is 7. The summed E-state index contributed by atoms with van der Waals surface area (Å²) >= 11 is 0. The first-order chi connectivity index (χ1) is 18.4. The minimum Gasteiger partial charge on any atom is -0.481 e. The molecule has 39 heavy (non-hydrogen) atoms. The van der Waals surface area contributed by atoms with Crippen LogP contribution in [-0.2, 0) is 16.6 Å². The number of anilines is 3. The average Bonchev–Trinajstić information content (AvgIpc) is 3.15. The van der Waals surface area contributed by atoms with E-state index < -0.39 is 11.5 Å². The summed E-state index contributed by atoms with van der Waals surface area (Å²) in [5, 5.41) is 8.99. The molecule has 1 amide bonds. The number of carboxylic acids is 1. The lowest BCUT2D eigenvalue weighted by atomic mass is 9.92. The number of amides is 1. The van der Waals surface area contributed by atoms with E-state index in [1.165, 1.54) is 12.3 Å². The molecule has 0 bridgehead atoms. The quantitative estimate of drug-likeness (QED) is 0.524. The number of aromatic nitrogens is 3. The van der Waals surface area contributed by atoms with Crippen LogP contribution in [0.1, 0.15) is 55.0 Å². The number of benzene rings is 1. The average molecular weight is 533 g/mol. The van der Waals surface area contributed by atoms with Gasteiger partial charge in [-0.15, -0.1) is 0 Å². The SMILES string of the molecule is Cc1ccc(N2CC(C)(C)c3nc(C(=O)N4CCN(c5ccc(CC(=O)O)cn5)CC4(C)C)cnc32)cc1F. The van der Waals surface area contributed by atoms with Crippen LogP contribution in [0.5, 0.6) is 0 Å². The van der Waals surface area contributed by atoms with Crippen molar-refractivity contribution in [1.29, 1.82) is 0 Å². The molecule has 4 heterocycles. The third-order valence-corrected chi connectivity index (χ3v) is 7.53. The van der Waals surface area contributed by atoms with Crippen LogP contribution in [0.3, 0.4) is 0 Å². The minimum atomic E-state index is -0.896. The molecule has 5 rings (SSSR count). The molecule has 0 unspecified atom stereocenters. The maximum atomic E-state index is 14.3. The molecule has 2 aromatic heterocycles. The Labute approximate surface area is 227 Å². The molecule has 0 aliphatic carbocycles. The zero-order valence-electron chi connectivity index (χ0n) is 22.9. The summed E-state index contributed by atoms with van der Waals surface area (Å²) in [6.45, 7) is 12.0. The van der Waals surface area contributed by atoms with Crippen molar-refractivity contribution in [2.75, 3.05) is 36.0 Å². The summed E-state index contributed by atoms with van der Waals surface area (Å²) in [6.07, 6.45) is 3.04. The monoisotopic (exact) mass is 532 g/mol. The molecule has 10 heteroatoms. The van der Waals surface area contributed by atoms with Gasteiger partial charge in [0, 0.05) is 43.5 Å². The molecule has 1 fully saturated rings. The van der Waals surface area contributed by atoms with Gasteiger partial charge in [-0.05, 0) is 50.1 Å². The molecular formula is C29H33FN6O3. The first-order valence-electron chi connectivity index (χ1n) is 13.0. The molecule has 0 spiro atoms. The Bertz CT molecular complexity index is 1440. The standard InChI is InChI=1S/C29H33FN6O3/c1-18-6-8-20(13-21(18)30)35-16-28(2,3)25-26(35)32-15-22(33-25)27(39)36-11-10-34(17-29(36,4)5)23-9-7-19(14-31-23)12-24(37)38/h6-9,13-15H,10-12,16-17H2,1-5H3,(H,37,38). The van der Waals surface area contributed by atoms with Crippen LogP contribution in [0.2, 0.25) is 0 Å². The van der Waals surface area contributed by atoms with Crippen molar-refractivity contribution >= 4 is 29.2 Å². The number of nitrogens with zero attached hydrogens (tertiary/aromatic N) is 6. The van der Waals surface area contributed by atoms with E-state index in [0.717, 1.165) is 11.5 Å². The number of rotatable bonds is 5. The number of aryl methyl sites for hydroxylation is 1. The predicted molar refractivity (Wildman–Crippen MR) is 146 cm³/mol. The van der Waals surface area contributed by atoms with Gasteiger partial charge in [0.15, 0.2) is 5.82 Å². The van der Waals surface area contributed by atoms with E-state index in [4.69, 9.17) is 10.1 Å². The van der Waals surface area contributed by atoms with E-state index in [-0.39, 0.29) is 29.3 Å². The van der Waals surface area contributed by atoms with Crippen molar-refractivity contribution in [1.82, 2.24) is 19.9 Å². The molecule has 1 aromatic carbocycles. The Morgan fingerprint density at radius 3 is 2.44 bits per heavy atom. The molecule has 0 radical (unpaired) electrons. The van der Waals surface area contributed by atoms with Crippen LogP contribution >= 0.6 is 0 Å². The van der Waals surface area contributed by atoms with Crippen molar-refractivity contribution in [3.8, 4) is 0 Å². The van der Waals surface area contributed by atoms with Gasteiger partial charge >= 0.3 is 5.97 Å². The van der Waals surface area contributed by atoms with Crippen LogP contribution in [0.4, 0.5) is 21.7 Å². The summed E-state index contributed by atoms with van der Waals surface area (Å²) in [4.78, 5) is 44.5. The molecule has 1 N–H and O–H groups in total. The summed E-state index contributed by atoms with van der Waals surface area (Å²) in [5.41, 5.74) is 2.04. The molecule has 0 saturated carbocycles. The number of fused-ring (bicyclic) bond motifs is 1. The number of pyridine rings is 1.